The highest BCUT2D eigenvalue weighted by Crippen LogP contribution is 2.31. The van der Waals surface area contributed by atoms with Crippen molar-refractivity contribution < 1.29 is 14.4 Å². The van der Waals surface area contributed by atoms with E-state index in [9.17, 15) is 14.4 Å². The first-order chi connectivity index (χ1) is 11.8. The van der Waals surface area contributed by atoms with Crippen molar-refractivity contribution in [1.82, 2.24) is 9.80 Å². The fourth-order valence-corrected chi connectivity index (χ4v) is 3.54. The summed E-state index contributed by atoms with van der Waals surface area (Å²) < 4.78 is 0. The lowest BCUT2D eigenvalue weighted by atomic mass is 10.1. The van der Waals surface area contributed by atoms with E-state index in [1.165, 1.54) is 6.92 Å². The number of nitrogens with zero attached hydrogens (tertiary/aromatic N) is 3. The van der Waals surface area contributed by atoms with Crippen LogP contribution in [0.15, 0.2) is 12.1 Å². The second-order valence-electron chi connectivity index (χ2n) is 6.36. The molecule has 7 heteroatoms. The summed E-state index contributed by atoms with van der Waals surface area (Å²) in [7, 11) is 0. The van der Waals surface area contributed by atoms with Crippen LogP contribution in [0.4, 0.5) is 5.69 Å². The third-order valence-electron chi connectivity index (χ3n) is 4.41. The fourth-order valence-electron chi connectivity index (χ4n) is 3.12. The van der Waals surface area contributed by atoms with Crippen LogP contribution in [0.3, 0.4) is 0 Å². The molecule has 0 atom stereocenters. The molecular weight excluding hydrogens is 342 g/mol. The van der Waals surface area contributed by atoms with Crippen LogP contribution in [0, 0.1) is 13.8 Å². The maximum atomic E-state index is 12.4. The molecule has 25 heavy (non-hydrogen) atoms. The first-order valence-corrected chi connectivity index (χ1v) is 8.73. The zero-order chi connectivity index (χ0) is 18.6. The number of hydrogen-bond acceptors (Lipinski definition) is 3. The van der Waals surface area contributed by atoms with Crippen LogP contribution < -0.4 is 4.90 Å². The summed E-state index contributed by atoms with van der Waals surface area (Å²) in [5.74, 6) is -0.162. The number of piperazine rings is 1. The van der Waals surface area contributed by atoms with Crippen LogP contribution in [-0.2, 0) is 14.4 Å². The summed E-state index contributed by atoms with van der Waals surface area (Å²) >= 11 is 6.34. The molecule has 1 aromatic rings. The number of anilines is 1. The van der Waals surface area contributed by atoms with Crippen molar-refractivity contribution >= 4 is 35.5 Å². The fraction of sp³-hybridized carbons (Fsp3) is 0.500. The maximum absolute atomic E-state index is 12.4. The third-order valence-corrected chi connectivity index (χ3v) is 4.70. The summed E-state index contributed by atoms with van der Waals surface area (Å²) in [6, 6.07) is 3.79. The molecule has 0 spiro atoms. The largest absolute Gasteiger partial charge is 0.342 e. The Bertz CT molecular complexity index is 647. The van der Waals surface area contributed by atoms with Crippen LogP contribution >= 0.6 is 11.6 Å². The second-order valence-corrected chi connectivity index (χ2v) is 6.76. The zero-order valence-corrected chi connectivity index (χ0v) is 15.7. The SMILES string of the molecule is CC(=O)N(CCC(=O)N1CCN(C=O)CC1)c1c(C)cc(C)cc1Cl. The van der Waals surface area contributed by atoms with Crippen molar-refractivity contribution in [1.29, 1.82) is 0 Å². The van der Waals surface area contributed by atoms with E-state index >= 15 is 0 Å². The van der Waals surface area contributed by atoms with E-state index in [-0.39, 0.29) is 24.8 Å². The quantitative estimate of drug-likeness (QED) is 0.750. The molecule has 1 aromatic carbocycles. The Morgan fingerprint density at radius 1 is 1.20 bits per heavy atom. The minimum Gasteiger partial charge on any atom is -0.342 e. The maximum Gasteiger partial charge on any atom is 0.224 e. The van der Waals surface area contributed by atoms with E-state index in [1.807, 2.05) is 26.0 Å². The highest BCUT2D eigenvalue weighted by molar-refractivity contribution is 6.34. The van der Waals surface area contributed by atoms with Gasteiger partial charge in [-0.05, 0) is 31.0 Å². The van der Waals surface area contributed by atoms with Gasteiger partial charge in [-0.2, -0.15) is 0 Å². The molecule has 1 heterocycles. The Hall–Kier alpha value is -2.08. The first kappa shape index (κ1) is 19.2. The number of aryl methyl sites for hydroxylation is 2. The van der Waals surface area contributed by atoms with Crippen LogP contribution in [0.5, 0.6) is 0 Å². The number of hydrogen-bond donors (Lipinski definition) is 0. The summed E-state index contributed by atoms with van der Waals surface area (Å²) in [5.41, 5.74) is 2.60. The molecule has 1 aliphatic heterocycles. The lowest BCUT2D eigenvalue weighted by Crippen LogP contribution is -2.48. The molecule has 136 valence electrons. The molecule has 0 N–H and O–H groups in total. The van der Waals surface area contributed by atoms with E-state index in [0.717, 1.165) is 17.5 Å². The van der Waals surface area contributed by atoms with Crippen molar-refractivity contribution in [3.63, 3.8) is 0 Å². The van der Waals surface area contributed by atoms with Crippen LogP contribution in [0.2, 0.25) is 5.02 Å². The molecule has 3 amide bonds. The zero-order valence-electron chi connectivity index (χ0n) is 14.9. The lowest BCUT2D eigenvalue weighted by molar-refractivity contribution is -0.135. The minimum absolute atomic E-state index is 0.0160. The number of carbonyl (C=O) groups excluding carboxylic acids is 3. The topological polar surface area (TPSA) is 60.9 Å². The molecule has 0 aliphatic carbocycles. The lowest BCUT2D eigenvalue weighted by Gasteiger charge is -2.33. The van der Waals surface area contributed by atoms with Gasteiger partial charge in [0.15, 0.2) is 0 Å². The highest BCUT2D eigenvalue weighted by atomic mass is 35.5. The number of carbonyl (C=O) groups is 3. The normalized spacial score (nSPS) is 14.4. The van der Waals surface area contributed by atoms with Gasteiger partial charge in [-0.1, -0.05) is 17.7 Å². The van der Waals surface area contributed by atoms with Crippen molar-refractivity contribution in [2.45, 2.75) is 27.2 Å². The predicted molar refractivity (Wildman–Crippen MR) is 97.8 cm³/mol. The minimum atomic E-state index is -0.146. The number of rotatable bonds is 5. The Morgan fingerprint density at radius 2 is 1.84 bits per heavy atom. The molecule has 0 unspecified atom stereocenters. The summed E-state index contributed by atoms with van der Waals surface area (Å²) in [6.07, 6.45) is 1.03. The molecular formula is C18H24ClN3O3. The highest BCUT2D eigenvalue weighted by Gasteiger charge is 2.23. The van der Waals surface area contributed by atoms with E-state index < -0.39 is 0 Å². The molecule has 0 saturated carbocycles. The second kappa shape index (κ2) is 8.34. The van der Waals surface area contributed by atoms with Gasteiger partial charge < -0.3 is 14.7 Å². The first-order valence-electron chi connectivity index (χ1n) is 8.35. The number of amides is 3. The number of benzene rings is 1. The van der Waals surface area contributed by atoms with E-state index in [0.29, 0.717) is 36.9 Å². The molecule has 1 aliphatic rings. The summed E-state index contributed by atoms with van der Waals surface area (Å²) in [6.45, 7) is 7.77. The Balaban J connectivity index is 2.05. The van der Waals surface area contributed by atoms with E-state index in [4.69, 9.17) is 11.6 Å². The molecule has 1 fully saturated rings. The van der Waals surface area contributed by atoms with Crippen molar-refractivity contribution in [3.8, 4) is 0 Å². The van der Waals surface area contributed by atoms with E-state index in [2.05, 4.69) is 0 Å². The van der Waals surface area contributed by atoms with Gasteiger partial charge in [0.1, 0.15) is 0 Å². The molecule has 0 aromatic heterocycles. The average molecular weight is 366 g/mol. The summed E-state index contributed by atoms with van der Waals surface area (Å²) in [4.78, 5) is 40.2. The summed E-state index contributed by atoms with van der Waals surface area (Å²) in [5, 5.41) is 0.514. The molecule has 0 radical (unpaired) electrons. The molecule has 2 rings (SSSR count). The van der Waals surface area contributed by atoms with Crippen LogP contribution in [0.1, 0.15) is 24.5 Å². The van der Waals surface area contributed by atoms with Gasteiger partial charge in [-0.3, -0.25) is 14.4 Å². The van der Waals surface area contributed by atoms with Crippen molar-refractivity contribution in [3.05, 3.63) is 28.3 Å². The predicted octanol–water partition coefficient (Wildman–Crippen LogP) is 2.00. The molecule has 6 nitrogen and oxygen atoms in total. The molecule has 1 saturated heterocycles. The third kappa shape index (κ3) is 4.72. The van der Waals surface area contributed by atoms with Crippen molar-refractivity contribution in [2.75, 3.05) is 37.6 Å². The van der Waals surface area contributed by atoms with Gasteiger partial charge in [0.25, 0.3) is 0 Å². The van der Waals surface area contributed by atoms with Gasteiger partial charge in [0, 0.05) is 46.1 Å². The Morgan fingerprint density at radius 3 is 2.36 bits per heavy atom. The monoisotopic (exact) mass is 365 g/mol. The number of halogens is 1. The standard InChI is InChI=1S/C18H24ClN3O3/c1-13-10-14(2)18(16(19)11-13)22(15(3)24)5-4-17(25)21-8-6-20(12-23)7-9-21/h10-12H,4-9H2,1-3H3. The molecule has 0 bridgehead atoms. The Labute approximate surface area is 153 Å². The van der Waals surface area contributed by atoms with Gasteiger partial charge >= 0.3 is 0 Å². The van der Waals surface area contributed by atoms with Crippen LogP contribution in [0.25, 0.3) is 0 Å². The van der Waals surface area contributed by atoms with Gasteiger partial charge in [-0.25, -0.2) is 0 Å². The van der Waals surface area contributed by atoms with Gasteiger partial charge in [0.05, 0.1) is 10.7 Å². The van der Waals surface area contributed by atoms with Crippen molar-refractivity contribution in [2.24, 2.45) is 0 Å². The van der Waals surface area contributed by atoms with Crippen LogP contribution in [-0.4, -0.2) is 60.7 Å². The average Bonchev–Trinajstić information content (AvgIpc) is 2.56. The van der Waals surface area contributed by atoms with Gasteiger partial charge in [0.2, 0.25) is 18.2 Å². The smallest absolute Gasteiger partial charge is 0.224 e. The van der Waals surface area contributed by atoms with E-state index in [1.54, 1.807) is 14.7 Å². The Kier molecular flexibility index (Phi) is 6.42. The van der Waals surface area contributed by atoms with Gasteiger partial charge in [-0.15, -0.1) is 0 Å².